The molecule has 2 N–H and O–H groups in total. The third kappa shape index (κ3) is 5.25. The van der Waals surface area contributed by atoms with Gasteiger partial charge in [-0.05, 0) is 72.6 Å². The Morgan fingerprint density at radius 1 is 1.06 bits per heavy atom. The highest BCUT2D eigenvalue weighted by molar-refractivity contribution is 7.85. The van der Waals surface area contributed by atoms with E-state index in [9.17, 15) is 26.6 Å². The zero-order valence-electron chi connectivity index (χ0n) is 19.5. The highest BCUT2D eigenvalue weighted by Gasteiger charge is 2.35. The van der Waals surface area contributed by atoms with Crippen molar-refractivity contribution in [1.82, 2.24) is 15.1 Å². The number of alkyl halides is 3. The maximum atomic E-state index is 14.7. The highest BCUT2D eigenvalue weighted by Crippen LogP contribution is 2.31. The summed E-state index contributed by atoms with van der Waals surface area (Å²) in [5, 5.41) is 7.81. The van der Waals surface area contributed by atoms with Crippen LogP contribution in [0.1, 0.15) is 40.1 Å². The summed E-state index contributed by atoms with van der Waals surface area (Å²) in [6.07, 6.45) is -2.02. The van der Waals surface area contributed by atoms with E-state index < -0.39 is 40.6 Å². The van der Waals surface area contributed by atoms with E-state index in [1.807, 2.05) is 0 Å². The third-order valence-corrected chi connectivity index (χ3v) is 6.18. The summed E-state index contributed by atoms with van der Waals surface area (Å²) in [6, 6.07) is 12.5. The molecule has 0 aliphatic carbocycles. The number of carbonyl (C=O) groups is 1. The number of fused-ring (bicyclic) bond motifs is 1. The summed E-state index contributed by atoms with van der Waals surface area (Å²) in [7, 11) is -1.36. The van der Waals surface area contributed by atoms with Gasteiger partial charge >= 0.3 is 6.18 Å². The molecule has 4 aromatic rings. The first kappa shape index (κ1) is 25.4. The van der Waals surface area contributed by atoms with Crippen LogP contribution in [0, 0.1) is 12.7 Å². The molecular weight excluding hydrogens is 496 g/mol. The fourth-order valence-corrected chi connectivity index (χ4v) is 4.42. The highest BCUT2D eigenvalue weighted by atomic mass is 32.2. The van der Waals surface area contributed by atoms with Gasteiger partial charge in [0.1, 0.15) is 22.5 Å². The molecule has 1 amide bonds. The molecule has 11 heteroatoms. The Labute approximate surface area is 206 Å². The molecule has 0 saturated heterocycles. The predicted octanol–water partition coefficient (Wildman–Crippen LogP) is 5.69. The Balaban J connectivity index is 1.55. The Kier molecular flexibility index (Phi) is 6.85. The van der Waals surface area contributed by atoms with E-state index in [2.05, 4.69) is 15.1 Å². The molecule has 1 aromatic heterocycles. The lowest BCUT2D eigenvalue weighted by Crippen LogP contribution is -2.27. The second kappa shape index (κ2) is 9.73. The number of rotatable bonds is 6. The monoisotopic (exact) mass is 518 g/mol. The standard InChI is InChI=1S/C25H22F4N4O2S/c1-14-10-20(21(26)13-22(14)32-36(3)35)15(2)31-24(34)18-5-4-17-12-19(7-6-16(17)11-18)33-23(8-9-30-33)25(27,28)29/h4-13,15,32H,1-3H3,(H,31,34). The molecule has 4 rings (SSSR count). The lowest BCUT2D eigenvalue weighted by atomic mass is 10.0. The summed E-state index contributed by atoms with van der Waals surface area (Å²) < 4.78 is 69.2. The summed E-state index contributed by atoms with van der Waals surface area (Å²) in [5.41, 5.74) is 1.02. The van der Waals surface area contributed by atoms with Crippen molar-refractivity contribution < 1.29 is 26.6 Å². The van der Waals surface area contributed by atoms with Gasteiger partial charge in [0.05, 0.1) is 23.6 Å². The molecule has 0 radical (unpaired) electrons. The van der Waals surface area contributed by atoms with Crippen LogP contribution in [0.15, 0.2) is 60.8 Å². The minimum Gasteiger partial charge on any atom is -0.345 e. The van der Waals surface area contributed by atoms with Crippen LogP contribution in [0.5, 0.6) is 0 Å². The normalized spacial score (nSPS) is 13.4. The Morgan fingerprint density at radius 2 is 1.75 bits per heavy atom. The fraction of sp³-hybridized carbons (Fsp3) is 0.200. The van der Waals surface area contributed by atoms with E-state index in [-0.39, 0.29) is 11.3 Å². The number of amides is 1. The van der Waals surface area contributed by atoms with Gasteiger partial charge in [0.2, 0.25) is 0 Å². The van der Waals surface area contributed by atoms with Crippen molar-refractivity contribution in [1.29, 1.82) is 0 Å². The number of anilines is 1. The smallest absolute Gasteiger partial charge is 0.345 e. The first-order chi connectivity index (χ1) is 16.9. The van der Waals surface area contributed by atoms with Gasteiger partial charge in [-0.3, -0.25) is 4.79 Å². The molecule has 0 saturated carbocycles. The van der Waals surface area contributed by atoms with E-state index in [1.165, 1.54) is 18.4 Å². The molecule has 1 heterocycles. The van der Waals surface area contributed by atoms with Crippen molar-refractivity contribution in [3.05, 3.63) is 89.0 Å². The van der Waals surface area contributed by atoms with E-state index in [0.29, 0.717) is 27.6 Å². The van der Waals surface area contributed by atoms with Gasteiger partial charge in [0.25, 0.3) is 5.91 Å². The molecule has 188 valence electrons. The molecule has 2 atom stereocenters. The van der Waals surface area contributed by atoms with Gasteiger partial charge < -0.3 is 10.0 Å². The number of halogens is 4. The number of nitrogens with one attached hydrogen (secondary N) is 2. The van der Waals surface area contributed by atoms with E-state index >= 15 is 0 Å². The molecule has 6 nitrogen and oxygen atoms in total. The maximum Gasteiger partial charge on any atom is 0.433 e. The molecule has 0 fully saturated rings. The number of aryl methyl sites for hydroxylation is 1. The van der Waals surface area contributed by atoms with Crippen molar-refractivity contribution in [2.45, 2.75) is 26.1 Å². The van der Waals surface area contributed by atoms with E-state index in [0.717, 1.165) is 16.9 Å². The number of benzene rings is 3. The van der Waals surface area contributed by atoms with Gasteiger partial charge in [0, 0.05) is 17.4 Å². The van der Waals surface area contributed by atoms with Crippen molar-refractivity contribution in [3.8, 4) is 5.69 Å². The number of aromatic nitrogens is 2. The lowest BCUT2D eigenvalue weighted by Gasteiger charge is -2.18. The van der Waals surface area contributed by atoms with Crippen LogP contribution in [0.3, 0.4) is 0 Å². The Morgan fingerprint density at radius 3 is 2.44 bits per heavy atom. The topological polar surface area (TPSA) is 76.0 Å². The molecule has 2 unspecified atom stereocenters. The largest absolute Gasteiger partial charge is 0.433 e. The van der Waals surface area contributed by atoms with Crippen LogP contribution >= 0.6 is 0 Å². The van der Waals surface area contributed by atoms with Crippen LogP contribution in [0.25, 0.3) is 16.5 Å². The average Bonchev–Trinajstić information content (AvgIpc) is 3.31. The zero-order valence-corrected chi connectivity index (χ0v) is 20.3. The van der Waals surface area contributed by atoms with Crippen molar-refractivity contribution in [3.63, 3.8) is 0 Å². The summed E-state index contributed by atoms with van der Waals surface area (Å²) >= 11 is 0. The molecule has 0 spiro atoms. The van der Waals surface area contributed by atoms with Crippen molar-refractivity contribution in [2.75, 3.05) is 11.0 Å². The minimum atomic E-state index is -4.55. The van der Waals surface area contributed by atoms with Crippen LogP contribution in [-0.4, -0.2) is 26.2 Å². The predicted molar refractivity (Wildman–Crippen MR) is 131 cm³/mol. The lowest BCUT2D eigenvalue weighted by molar-refractivity contribution is -0.142. The Hall–Kier alpha value is -3.73. The molecule has 0 bridgehead atoms. The van der Waals surface area contributed by atoms with E-state index in [1.54, 1.807) is 50.2 Å². The first-order valence-corrected chi connectivity index (χ1v) is 12.4. The molecule has 36 heavy (non-hydrogen) atoms. The van der Waals surface area contributed by atoms with Crippen LogP contribution in [-0.2, 0) is 17.2 Å². The number of carbonyl (C=O) groups excluding carboxylic acids is 1. The van der Waals surface area contributed by atoms with Gasteiger partial charge in [-0.2, -0.15) is 18.3 Å². The fourth-order valence-electron chi connectivity index (χ4n) is 3.89. The number of hydrogen-bond acceptors (Lipinski definition) is 3. The minimum absolute atomic E-state index is 0.237. The van der Waals surface area contributed by atoms with Crippen LogP contribution in [0.4, 0.5) is 23.2 Å². The van der Waals surface area contributed by atoms with Gasteiger partial charge in [-0.15, -0.1) is 0 Å². The van der Waals surface area contributed by atoms with Crippen LogP contribution < -0.4 is 10.0 Å². The van der Waals surface area contributed by atoms with Gasteiger partial charge in [0.15, 0.2) is 0 Å². The molecule has 3 aromatic carbocycles. The second-order valence-corrected chi connectivity index (χ2v) is 9.42. The molecule has 0 aliphatic rings. The second-order valence-electron chi connectivity index (χ2n) is 8.31. The average molecular weight is 519 g/mol. The number of nitrogens with zero attached hydrogens (tertiary/aromatic N) is 2. The molecule has 0 aliphatic heterocycles. The van der Waals surface area contributed by atoms with Gasteiger partial charge in [-0.25, -0.2) is 13.3 Å². The Bertz CT molecular complexity index is 1480. The quantitative estimate of drug-likeness (QED) is 0.322. The third-order valence-electron chi connectivity index (χ3n) is 5.68. The summed E-state index contributed by atoms with van der Waals surface area (Å²) in [4.78, 5) is 12.9. The maximum absolute atomic E-state index is 14.7. The molecular formula is C25H22F4N4O2S. The van der Waals surface area contributed by atoms with E-state index in [4.69, 9.17) is 0 Å². The van der Waals surface area contributed by atoms with Crippen molar-refractivity contribution >= 4 is 33.4 Å². The van der Waals surface area contributed by atoms with Crippen LogP contribution in [0.2, 0.25) is 0 Å². The zero-order chi connectivity index (χ0) is 26.2. The number of hydrogen-bond donors (Lipinski definition) is 2. The first-order valence-electron chi connectivity index (χ1n) is 10.8. The summed E-state index contributed by atoms with van der Waals surface area (Å²) in [5.74, 6) is -0.988. The summed E-state index contributed by atoms with van der Waals surface area (Å²) in [6.45, 7) is 3.39. The SMILES string of the molecule is Cc1cc(C(C)NC(=O)c2ccc3cc(-n4nccc4C(F)(F)F)ccc3c2)c(F)cc1NS(C)=O. The van der Waals surface area contributed by atoms with Gasteiger partial charge in [-0.1, -0.05) is 12.1 Å². The van der Waals surface area contributed by atoms with Crippen molar-refractivity contribution in [2.24, 2.45) is 0 Å².